The molecule has 2 N–H and O–H groups in total. The molecule has 1 rings (SSSR count). The second-order valence-corrected chi connectivity index (χ2v) is 1.92. The Labute approximate surface area is 67.9 Å². The maximum absolute atomic E-state index is 10.1. The average molecular weight is 166 g/mol. The van der Waals surface area contributed by atoms with E-state index in [4.69, 9.17) is 5.73 Å². The van der Waals surface area contributed by atoms with Crippen LogP contribution in [0.2, 0.25) is 0 Å². The Balaban J connectivity index is 2.93. The number of nitrogens with two attached hydrogens (primary N) is 1. The third-order valence-corrected chi connectivity index (χ3v) is 1.11. The summed E-state index contributed by atoms with van der Waals surface area (Å²) in [5.41, 5.74) is 5.57. The largest absolute Gasteiger partial charge is 0.405 e. The maximum Gasteiger partial charge on any atom is 0.382 e. The van der Waals surface area contributed by atoms with Crippen molar-refractivity contribution in [3.8, 4) is 0 Å². The van der Waals surface area contributed by atoms with Gasteiger partial charge in [0.2, 0.25) is 0 Å². The minimum atomic E-state index is -0.608. The van der Waals surface area contributed by atoms with Crippen LogP contribution in [0.15, 0.2) is 18.6 Å². The molecule has 0 fully saturated rings. The molecule has 1 heterocycles. The summed E-state index contributed by atoms with van der Waals surface area (Å²) in [6.07, 6.45) is 5.14. The fourth-order valence-corrected chi connectivity index (χ4v) is 0.610. The van der Waals surface area contributed by atoms with Gasteiger partial charge in [0, 0.05) is 0 Å². The van der Waals surface area contributed by atoms with E-state index in [1.165, 1.54) is 18.5 Å². The Hall–Kier alpha value is -1.98. The molecule has 1 aromatic heterocycles. The molecule has 0 saturated heterocycles. The van der Waals surface area contributed by atoms with E-state index in [0.717, 1.165) is 6.20 Å². The van der Waals surface area contributed by atoms with Crippen LogP contribution in [-0.4, -0.2) is 14.9 Å². The smallest absolute Gasteiger partial charge is 0.382 e. The van der Waals surface area contributed by atoms with Crippen LogP contribution in [0.4, 0.5) is 5.82 Å². The van der Waals surface area contributed by atoms with Crippen molar-refractivity contribution in [3.63, 3.8) is 0 Å². The third kappa shape index (κ3) is 1.75. The van der Waals surface area contributed by atoms with Gasteiger partial charge < -0.3 is 15.8 Å². The first kappa shape index (κ1) is 8.12. The monoisotopic (exact) mass is 166 g/mol. The lowest BCUT2D eigenvalue weighted by Gasteiger charge is -1.90. The molecule has 12 heavy (non-hydrogen) atoms. The molecule has 0 radical (unpaired) electrons. The zero-order valence-electron chi connectivity index (χ0n) is 6.04. The lowest BCUT2D eigenvalue weighted by Crippen LogP contribution is -1.93. The summed E-state index contributed by atoms with van der Waals surface area (Å²) in [6, 6.07) is 0. The first-order valence-corrected chi connectivity index (χ1v) is 3.09. The quantitative estimate of drug-likeness (QED) is 0.504. The molecule has 1 aromatic rings. The average Bonchev–Trinajstić information content (AvgIpc) is 2.06. The molecule has 0 aliphatic rings. The van der Waals surface area contributed by atoms with Crippen molar-refractivity contribution in [1.29, 1.82) is 0 Å². The molecule has 0 unspecified atom stereocenters. The van der Waals surface area contributed by atoms with Gasteiger partial charge in [-0.15, -0.1) is 0 Å². The highest BCUT2D eigenvalue weighted by Gasteiger charge is 2.05. The molecule has 0 amide bonds. The van der Waals surface area contributed by atoms with Gasteiger partial charge in [-0.2, -0.15) is 0 Å². The normalized spacial score (nSPS) is 10.3. The summed E-state index contributed by atoms with van der Waals surface area (Å²) in [7, 11) is 0. The Bertz CT molecular complexity index is 306. The molecular weight excluding hydrogens is 160 g/mol. The minimum Gasteiger partial charge on any atom is -0.405 e. The fourth-order valence-electron chi connectivity index (χ4n) is 0.610. The Morgan fingerprint density at radius 2 is 2.25 bits per heavy atom. The second-order valence-electron chi connectivity index (χ2n) is 1.92. The van der Waals surface area contributed by atoms with Gasteiger partial charge in [0.05, 0.1) is 0 Å². The van der Waals surface area contributed by atoms with Crippen LogP contribution >= 0.6 is 0 Å². The molecule has 0 saturated carbocycles. The lowest BCUT2D eigenvalue weighted by atomic mass is 10.4. The maximum atomic E-state index is 10.1. The number of nitrogens with zero attached hydrogens (tertiary/aromatic N) is 3. The topological polar surface area (TPSA) is 94.9 Å². The zero-order chi connectivity index (χ0) is 8.97. The molecule has 0 aromatic carbocycles. The van der Waals surface area contributed by atoms with Crippen LogP contribution < -0.4 is 5.73 Å². The zero-order valence-corrected chi connectivity index (χ0v) is 6.04. The predicted molar refractivity (Wildman–Crippen MR) is 41.9 cm³/mol. The van der Waals surface area contributed by atoms with E-state index in [1.807, 2.05) is 0 Å². The minimum absolute atomic E-state index is 0.274. The van der Waals surface area contributed by atoms with Crippen molar-refractivity contribution in [1.82, 2.24) is 9.97 Å². The van der Waals surface area contributed by atoms with Gasteiger partial charge in [-0.1, -0.05) is 0 Å². The van der Waals surface area contributed by atoms with Crippen molar-refractivity contribution in [2.45, 2.75) is 0 Å². The molecule has 0 aliphatic carbocycles. The van der Waals surface area contributed by atoms with Crippen molar-refractivity contribution < 1.29 is 4.92 Å². The van der Waals surface area contributed by atoms with Crippen molar-refractivity contribution in [2.24, 2.45) is 5.73 Å². The van der Waals surface area contributed by atoms with Crippen LogP contribution in [0.1, 0.15) is 5.69 Å². The summed E-state index contributed by atoms with van der Waals surface area (Å²) < 4.78 is 0. The van der Waals surface area contributed by atoms with Gasteiger partial charge in [-0.25, -0.2) is 4.98 Å². The second kappa shape index (κ2) is 3.42. The van der Waals surface area contributed by atoms with Gasteiger partial charge in [0.25, 0.3) is 0 Å². The van der Waals surface area contributed by atoms with Crippen molar-refractivity contribution in [3.05, 3.63) is 34.4 Å². The highest BCUT2D eigenvalue weighted by Crippen LogP contribution is 2.03. The number of aromatic nitrogens is 2. The molecule has 0 aliphatic heterocycles. The van der Waals surface area contributed by atoms with E-state index in [2.05, 4.69) is 9.97 Å². The standard InChI is InChI=1S/C6H6N4O2/c7-2-1-5-3-9-6(4-8-5)10(11)12/h1-4H,7H2. The first-order chi connectivity index (χ1) is 5.74. The number of hydrogen-bond donors (Lipinski definition) is 1. The number of rotatable bonds is 2. The number of hydrogen-bond acceptors (Lipinski definition) is 5. The number of nitro groups is 1. The van der Waals surface area contributed by atoms with E-state index >= 15 is 0 Å². The van der Waals surface area contributed by atoms with E-state index < -0.39 is 4.92 Å². The van der Waals surface area contributed by atoms with E-state index in [1.54, 1.807) is 0 Å². The van der Waals surface area contributed by atoms with Gasteiger partial charge in [0.15, 0.2) is 6.20 Å². The summed E-state index contributed by atoms with van der Waals surface area (Å²) in [5, 5.41) is 10.1. The molecule has 62 valence electrons. The van der Waals surface area contributed by atoms with Gasteiger partial charge in [-0.05, 0) is 22.2 Å². The van der Waals surface area contributed by atoms with E-state index in [0.29, 0.717) is 5.69 Å². The lowest BCUT2D eigenvalue weighted by molar-refractivity contribution is -0.389. The van der Waals surface area contributed by atoms with Gasteiger partial charge >= 0.3 is 5.82 Å². The summed E-state index contributed by atoms with van der Waals surface area (Å²) >= 11 is 0. The SMILES string of the molecule is NC=Cc1cnc([N+](=O)[O-])cn1. The first-order valence-electron chi connectivity index (χ1n) is 3.09. The van der Waals surface area contributed by atoms with Crippen LogP contribution in [0.5, 0.6) is 0 Å². The van der Waals surface area contributed by atoms with Gasteiger partial charge in [-0.3, -0.25) is 0 Å². The Morgan fingerprint density at radius 1 is 1.50 bits per heavy atom. The van der Waals surface area contributed by atoms with Crippen LogP contribution in [0.25, 0.3) is 6.08 Å². The molecule has 6 nitrogen and oxygen atoms in total. The fraction of sp³-hybridized carbons (Fsp3) is 0. The molecule has 0 bridgehead atoms. The van der Waals surface area contributed by atoms with E-state index in [9.17, 15) is 10.1 Å². The third-order valence-electron chi connectivity index (χ3n) is 1.11. The Kier molecular flexibility index (Phi) is 2.32. The van der Waals surface area contributed by atoms with E-state index in [-0.39, 0.29) is 5.82 Å². The van der Waals surface area contributed by atoms with Crippen molar-refractivity contribution in [2.75, 3.05) is 0 Å². The molecule has 0 atom stereocenters. The summed E-state index contributed by atoms with van der Waals surface area (Å²) in [5.74, 6) is -0.274. The highest BCUT2D eigenvalue weighted by atomic mass is 16.6. The van der Waals surface area contributed by atoms with Crippen LogP contribution in [0, 0.1) is 10.1 Å². The highest BCUT2D eigenvalue weighted by molar-refractivity contribution is 5.42. The summed E-state index contributed by atoms with van der Waals surface area (Å²) in [6.45, 7) is 0. The molecule has 0 spiro atoms. The predicted octanol–water partition coefficient (Wildman–Crippen LogP) is 0.314. The molecular formula is C6H6N4O2. The van der Waals surface area contributed by atoms with Crippen molar-refractivity contribution >= 4 is 11.9 Å². The van der Waals surface area contributed by atoms with Crippen LogP contribution in [0.3, 0.4) is 0 Å². The van der Waals surface area contributed by atoms with Crippen LogP contribution in [-0.2, 0) is 0 Å². The van der Waals surface area contributed by atoms with Gasteiger partial charge in [0.1, 0.15) is 11.9 Å². The molecule has 6 heteroatoms. The summed E-state index contributed by atoms with van der Waals surface area (Å²) in [4.78, 5) is 16.8. The Morgan fingerprint density at radius 3 is 2.67 bits per heavy atom.